The molecule has 0 radical (unpaired) electrons. The molecule has 0 spiro atoms. The molecule has 0 saturated carbocycles. The van der Waals surface area contributed by atoms with E-state index in [1.165, 1.54) is 5.56 Å². The van der Waals surface area contributed by atoms with Gasteiger partial charge in [-0.3, -0.25) is 0 Å². The Morgan fingerprint density at radius 1 is 1.00 bits per heavy atom. The van der Waals surface area contributed by atoms with Crippen LogP contribution in [0.2, 0.25) is 0 Å². The van der Waals surface area contributed by atoms with Gasteiger partial charge in [-0.2, -0.15) is 0 Å². The fourth-order valence-electron chi connectivity index (χ4n) is 3.00. The molecule has 0 atom stereocenters. The van der Waals surface area contributed by atoms with Crippen LogP contribution >= 0.6 is 0 Å². The van der Waals surface area contributed by atoms with E-state index in [9.17, 15) is 9.90 Å². The zero-order chi connectivity index (χ0) is 18.4. The topological polar surface area (TPSA) is 50.2 Å². The number of aryl methyl sites for hydroxylation is 2. The molecule has 3 aromatic rings. The highest BCUT2D eigenvalue weighted by Crippen LogP contribution is 2.30. The summed E-state index contributed by atoms with van der Waals surface area (Å²) in [5.41, 5.74) is 6.12. The van der Waals surface area contributed by atoms with Gasteiger partial charge in [-0.25, -0.2) is 9.78 Å². The van der Waals surface area contributed by atoms with Gasteiger partial charge in [0.25, 0.3) is 0 Å². The second-order valence-electron chi connectivity index (χ2n) is 7.59. The number of carboxylic acid groups (broad SMARTS) is 1. The van der Waals surface area contributed by atoms with Gasteiger partial charge >= 0.3 is 5.97 Å². The van der Waals surface area contributed by atoms with Crippen molar-refractivity contribution in [2.45, 2.75) is 40.0 Å². The number of fused-ring (bicyclic) bond motifs is 1. The molecule has 1 heterocycles. The SMILES string of the molecule is Cc1ccc2c(C(=O)O)cc(-c3ccc(C(C)(C)C)cc3)nc2c1C. The fourth-order valence-corrected chi connectivity index (χ4v) is 3.00. The molecule has 0 saturated heterocycles. The Kier molecular flexibility index (Phi) is 4.11. The molecule has 128 valence electrons. The third-order valence-electron chi connectivity index (χ3n) is 4.78. The Balaban J connectivity index is 2.23. The number of carboxylic acids is 1. The van der Waals surface area contributed by atoms with E-state index in [0.29, 0.717) is 16.6 Å². The first-order chi connectivity index (χ1) is 11.7. The van der Waals surface area contributed by atoms with E-state index in [0.717, 1.165) is 22.2 Å². The standard InChI is InChI=1S/C22H23NO2/c1-13-6-11-17-18(21(24)25)12-19(23-20(17)14(13)2)15-7-9-16(10-8-15)22(3,4)5/h6-12H,1-5H3,(H,24,25). The van der Waals surface area contributed by atoms with Crippen LogP contribution in [0.5, 0.6) is 0 Å². The highest BCUT2D eigenvalue weighted by atomic mass is 16.4. The zero-order valence-corrected chi connectivity index (χ0v) is 15.3. The Hall–Kier alpha value is -2.68. The van der Waals surface area contributed by atoms with Crippen LogP contribution in [-0.2, 0) is 5.41 Å². The van der Waals surface area contributed by atoms with E-state index in [1.807, 2.05) is 38.1 Å². The normalized spacial score (nSPS) is 11.7. The second-order valence-corrected chi connectivity index (χ2v) is 7.59. The molecule has 0 aliphatic carbocycles. The lowest BCUT2D eigenvalue weighted by molar-refractivity contribution is 0.0699. The monoisotopic (exact) mass is 333 g/mol. The molecular weight excluding hydrogens is 310 g/mol. The number of aromatic carboxylic acids is 1. The van der Waals surface area contributed by atoms with Crippen LogP contribution < -0.4 is 0 Å². The number of hydrogen-bond donors (Lipinski definition) is 1. The van der Waals surface area contributed by atoms with E-state index >= 15 is 0 Å². The molecule has 3 rings (SSSR count). The Morgan fingerprint density at radius 3 is 2.20 bits per heavy atom. The number of carbonyl (C=O) groups is 1. The molecule has 0 aliphatic rings. The predicted molar refractivity (Wildman–Crippen MR) is 102 cm³/mol. The second kappa shape index (κ2) is 5.99. The fraction of sp³-hybridized carbons (Fsp3) is 0.273. The van der Waals surface area contributed by atoms with E-state index in [-0.39, 0.29) is 5.41 Å². The quantitative estimate of drug-likeness (QED) is 0.672. The van der Waals surface area contributed by atoms with Crippen molar-refractivity contribution in [2.75, 3.05) is 0 Å². The molecule has 0 bridgehead atoms. The maximum absolute atomic E-state index is 11.8. The lowest BCUT2D eigenvalue weighted by atomic mass is 9.86. The highest BCUT2D eigenvalue weighted by Gasteiger charge is 2.16. The van der Waals surface area contributed by atoms with Crippen LogP contribution in [0.25, 0.3) is 22.2 Å². The van der Waals surface area contributed by atoms with E-state index < -0.39 is 5.97 Å². The van der Waals surface area contributed by atoms with Gasteiger partial charge in [0.1, 0.15) is 0 Å². The summed E-state index contributed by atoms with van der Waals surface area (Å²) in [6.45, 7) is 10.5. The molecule has 1 N–H and O–H groups in total. The van der Waals surface area contributed by atoms with Crippen molar-refractivity contribution >= 4 is 16.9 Å². The molecule has 1 aromatic heterocycles. The summed E-state index contributed by atoms with van der Waals surface area (Å²) < 4.78 is 0. The first kappa shape index (κ1) is 17.2. The first-order valence-corrected chi connectivity index (χ1v) is 8.43. The average molecular weight is 333 g/mol. The van der Waals surface area contributed by atoms with Gasteiger partial charge in [0.2, 0.25) is 0 Å². The number of hydrogen-bond acceptors (Lipinski definition) is 2. The lowest BCUT2D eigenvalue weighted by Crippen LogP contribution is -2.10. The van der Waals surface area contributed by atoms with Crippen molar-refractivity contribution in [3.63, 3.8) is 0 Å². The van der Waals surface area contributed by atoms with Crippen LogP contribution in [0, 0.1) is 13.8 Å². The summed E-state index contributed by atoms with van der Waals surface area (Å²) in [6.07, 6.45) is 0. The Morgan fingerprint density at radius 2 is 1.64 bits per heavy atom. The van der Waals surface area contributed by atoms with Crippen molar-refractivity contribution < 1.29 is 9.90 Å². The summed E-state index contributed by atoms with van der Waals surface area (Å²) in [5, 5.41) is 10.3. The molecule has 3 heteroatoms. The third kappa shape index (κ3) is 3.14. The van der Waals surface area contributed by atoms with E-state index in [4.69, 9.17) is 4.98 Å². The van der Waals surface area contributed by atoms with Crippen LogP contribution in [0.4, 0.5) is 0 Å². The van der Waals surface area contributed by atoms with Crippen molar-refractivity contribution in [1.82, 2.24) is 4.98 Å². The molecular formula is C22H23NO2. The van der Waals surface area contributed by atoms with Gasteiger partial charge in [-0.15, -0.1) is 0 Å². The van der Waals surface area contributed by atoms with Crippen LogP contribution in [0.15, 0.2) is 42.5 Å². The van der Waals surface area contributed by atoms with Crippen molar-refractivity contribution in [1.29, 1.82) is 0 Å². The van der Waals surface area contributed by atoms with E-state index in [1.54, 1.807) is 6.07 Å². The van der Waals surface area contributed by atoms with Gasteiger partial charge in [-0.05, 0) is 42.0 Å². The molecule has 2 aromatic carbocycles. The molecule has 25 heavy (non-hydrogen) atoms. The Bertz CT molecular complexity index is 964. The van der Waals surface area contributed by atoms with Crippen LogP contribution in [-0.4, -0.2) is 16.1 Å². The zero-order valence-electron chi connectivity index (χ0n) is 15.3. The molecule has 0 unspecified atom stereocenters. The molecule has 0 aliphatic heterocycles. The van der Waals surface area contributed by atoms with Gasteiger partial charge in [0.05, 0.1) is 16.8 Å². The van der Waals surface area contributed by atoms with Gasteiger partial charge in [-0.1, -0.05) is 57.2 Å². The number of benzene rings is 2. The van der Waals surface area contributed by atoms with Crippen LogP contribution in [0.1, 0.15) is 47.8 Å². The number of pyridine rings is 1. The molecule has 3 nitrogen and oxygen atoms in total. The first-order valence-electron chi connectivity index (χ1n) is 8.43. The van der Waals surface area contributed by atoms with Crippen molar-refractivity contribution in [2.24, 2.45) is 0 Å². The summed E-state index contributed by atoms with van der Waals surface area (Å²) in [4.78, 5) is 16.5. The molecule has 0 amide bonds. The maximum Gasteiger partial charge on any atom is 0.336 e. The number of nitrogens with zero attached hydrogens (tertiary/aromatic N) is 1. The van der Waals surface area contributed by atoms with Crippen molar-refractivity contribution in [3.05, 3.63) is 64.7 Å². The number of aromatic nitrogens is 1. The Labute approximate surface area is 148 Å². The molecule has 0 fully saturated rings. The maximum atomic E-state index is 11.8. The predicted octanol–water partition coefficient (Wildman–Crippen LogP) is 5.51. The van der Waals surface area contributed by atoms with E-state index in [2.05, 4.69) is 32.9 Å². The lowest BCUT2D eigenvalue weighted by Gasteiger charge is -2.19. The van der Waals surface area contributed by atoms with Crippen molar-refractivity contribution in [3.8, 4) is 11.3 Å². The van der Waals surface area contributed by atoms with Gasteiger partial charge in [0, 0.05) is 10.9 Å². The minimum atomic E-state index is -0.928. The minimum absolute atomic E-state index is 0.0786. The van der Waals surface area contributed by atoms with Crippen LogP contribution in [0.3, 0.4) is 0 Å². The average Bonchev–Trinajstić information content (AvgIpc) is 2.56. The number of rotatable bonds is 2. The summed E-state index contributed by atoms with van der Waals surface area (Å²) >= 11 is 0. The summed E-state index contributed by atoms with van der Waals surface area (Å²) in [6, 6.07) is 13.7. The highest BCUT2D eigenvalue weighted by molar-refractivity contribution is 6.04. The van der Waals surface area contributed by atoms with Gasteiger partial charge in [0.15, 0.2) is 0 Å². The third-order valence-corrected chi connectivity index (χ3v) is 4.78. The van der Waals surface area contributed by atoms with Gasteiger partial charge < -0.3 is 5.11 Å². The minimum Gasteiger partial charge on any atom is -0.478 e. The summed E-state index contributed by atoms with van der Waals surface area (Å²) in [5.74, 6) is -0.928. The smallest absolute Gasteiger partial charge is 0.336 e. The summed E-state index contributed by atoms with van der Waals surface area (Å²) in [7, 11) is 0. The largest absolute Gasteiger partial charge is 0.478 e.